The van der Waals surface area contributed by atoms with Crippen molar-refractivity contribution in [2.24, 2.45) is 5.10 Å². The molecule has 2 heterocycles. The summed E-state index contributed by atoms with van der Waals surface area (Å²) in [5.41, 5.74) is 0.385. The van der Waals surface area contributed by atoms with Crippen LogP contribution < -0.4 is 0 Å². The first kappa shape index (κ1) is 14.0. The Morgan fingerprint density at radius 1 is 1.27 bits per heavy atom. The van der Waals surface area contributed by atoms with E-state index in [9.17, 15) is 10.1 Å². The van der Waals surface area contributed by atoms with E-state index in [-0.39, 0.29) is 10.7 Å². The highest BCUT2D eigenvalue weighted by atomic mass is 35.5. The third-order valence-electron chi connectivity index (χ3n) is 2.78. The number of aromatic nitrogens is 3. The topological polar surface area (TPSA) is 99.3 Å². The molecule has 22 heavy (non-hydrogen) atoms. The summed E-state index contributed by atoms with van der Waals surface area (Å²) in [6.45, 7) is 0. The molecular weight excluding hydrogens is 310 g/mol. The van der Waals surface area contributed by atoms with Crippen molar-refractivity contribution >= 4 is 23.5 Å². The van der Waals surface area contributed by atoms with Gasteiger partial charge in [-0.1, -0.05) is 11.6 Å². The number of rotatable bonds is 4. The third kappa shape index (κ3) is 2.86. The fourth-order valence-electron chi connectivity index (χ4n) is 1.76. The molecule has 0 saturated heterocycles. The number of nitrogens with zero attached hydrogens (tertiary/aromatic N) is 5. The summed E-state index contributed by atoms with van der Waals surface area (Å²) in [7, 11) is 0. The summed E-state index contributed by atoms with van der Waals surface area (Å²) in [5, 5.41) is 22.3. The fraction of sp³-hybridized carbons (Fsp3) is 0. The summed E-state index contributed by atoms with van der Waals surface area (Å²) in [5.74, 6) is 0.964. The van der Waals surface area contributed by atoms with Gasteiger partial charge >= 0.3 is 0 Å². The Bertz CT molecular complexity index is 841. The van der Waals surface area contributed by atoms with E-state index in [1.165, 1.54) is 35.7 Å². The van der Waals surface area contributed by atoms with Crippen LogP contribution in [-0.2, 0) is 0 Å². The molecule has 0 bridgehead atoms. The monoisotopic (exact) mass is 317 g/mol. The molecule has 9 heteroatoms. The standard InChI is InChI=1S/C13H8ClN5O3/c14-11-3-1-9(5-12(11)19(20)21)13-4-2-10(22-13)6-17-18-7-15-16-8-18/h1-8H/b17-6+. The molecule has 0 aliphatic carbocycles. The van der Waals surface area contributed by atoms with Gasteiger partial charge in [0, 0.05) is 11.6 Å². The average Bonchev–Trinajstić information content (AvgIpc) is 3.17. The number of benzene rings is 1. The predicted molar refractivity (Wildman–Crippen MR) is 78.8 cm³/mol. The van der Waals surface area contributed by atoms with Crippen LogP contribution in [0.25, 0.3) is 11.3 Å². The van der Waals surface area contributed by atoms with Crippen LogP contribution in [-0.4, -0.2) is 26.0 Å². The second-order valence-electron chi connectivity index (χ2n) is 4.21. The molecule has 0 aliphatic rings. The number of furan rings is 1. The smallest absolute Gasteiger partial charge is 0.288 e. The molecule has 0 radical (unpaired) electrons. The highest BCUT2D eigenvalue weighted by Crippen LogP contribution is 2.30. The first-order valence-corrected chi connectivity index (χ1v) is 6.44. The maximum atomic E-state index is 10.9. The first-order chi connectivity index (χ1) is 10.6. The van der Waals surface area contributed by atoms with Gasteiger partial charge in [0.1, 0.15) is 29.2 Å². The van der Waals surface area contributed by atoms with E-state index in [4.69, 9.17) is 16.0 Å². The zero-order valence-corrected chi connectivity index (χ0v) is 11.7. The molecule has 1 aromatic carbocycles. The van der Waals surface area contributed by atoms with E-state index in [1.807, 2.05) is 0 Å². The minimum absolute atomic E-state index is 0.0784. The number of nitro groups is 1. The first-order valence-electron chi connectivity index (χ1n) is 6.06. The highest BCUT2D eigenvalue weighted by molar-refractivity contribution is 6.32. The van der Waals surface area contributed by atoms with Gasteiger partial charge in [-0.25, -0.2) is 4.68 Å². The normalized spacial score (nSPS) is 11.1. The lowest BCUT2D eigenvalue weighted by Gasteiger charge is -1.99. The number of hydrogen-bond acceptors (Lipinski definition) is 6. The molecule has 3 rings (SSSR count). The van der Waals surface area contributed by atoms with Crippen molar-refractivity contribution in [1.29, 1.82) is 0 Å². The summed E-state index contributed by atoms with van der Waals surface area (Å²) in [4.78, 5) is 10.4. The molecular formula is C13H8ClN5O3. The van der Waals surface area contributed by atoms with E-state index >= 15 is 0 Å². The van der Waals surface area contributed by atoms with E-state index in [0.29, 0.717) is 17.1 Å². The van der Waals surface area contributed by atoms with E-state index in [1.54, 1.807) is 18.2 Å². The summed E-state index contributed by atoms with van der Waals surface area (Å²) in [6.07, 6.45) is 4.35. The minimum Gasteiger partial charge on any atom is -0.455 e. The van der Waals surface area contributed by atoms with Crippen LogP contribution in [0.4, 0.5) is 5.69 Å². The van der Waals surface area contributed by atoms with Crippen molar-refractivity contribution in [3.8, 4) is 11.3 Å². The second kappa shape index (κ2) is 5.78. The minimum atomic E-state index is -0.539. The largest absolute Gasteiger partial charge is 0.455 e. The van der Waals surface area contributed by atoms with E-state index < -0.39 is 4.92 Å². The van der Waals surface area contributed by atoms with Crippen LogP contribution in [0.3, 0.4) is 0 Å². The SMILES string of the molecule is O=[N+]([O-])c1cc(-c2ccc(/C=N/n3cnnc3)o2)ccc1Cl. The summed E-state index contributed by atoms with van der Waals surface area (Å²) in [6, 6.07) is 7.86. The van der Waals surface area contributed by atoms with Gasteiger partial charge in [0.2, 0.25) is 0 Å². The number of hydrogen-bond donors (Lipinski definition) is 0. The van der Waals surface area contributed by atoms with Crippen molar-refractivity contribution in [3.05, 3.63) is 63.9 Å². The van der Waals surface area contributed by atoms with Crippen LogP contribution in [0.2, 0.25) is 5.02 Å². The molecule has 0 unspecified atom stereocenters. The van der Waals surface area contributed by atoms with Gasteiger partial charge in [0.05, 0.1) is 11.1 Å². The number of halogens is 1. The second-order valence-corrected chi connectivity index (χ2v) is 4.62. The van der Waals surface area contributed by atoms with Crippen molar-refractivity contribution < 1.29 is 9.34 Å². The lowest BCUT2D eigenvalue weighted by Crippen LogP contribution is -1.89. The lowest BCUT2D eigenvalue weighted by molar-refractivity contribution is -0.384. The lowest BCUT2D eigenvalue weighted by atomic mass is 10.1. The van der Waals surface area contributed by atoms with E-state index in [2.05, 4.69) is 15.3 Å². The fourth-order valence-corrected chi connectivity index (χ4v) is 1.95. The van der Waals surface area contributed by atoms with Crippen LogP contribution in [0.5, 0.6) is 0 Å². The zero-order chi connectivity index (χ0) is 15.5. The Labute approximate surface area is 128 Å². The Morgan fingerprint density at radius 2 is 2.05 bits per heavy atom. The Balaban J connectivity index is 1.87. The highest BCUT2D eigenvalue weighted by Gasteiger charge is 2.15. The molecule has 0 spiro atoms. The van der Waals surface area contributed by atoms with Crippen molar-refractivity contribution in [2.75, 3.05) is 0 Å². The van der Waals surface area contributed by atoms with Gasteiger partial charge in [-0.05, 0) is 24.3 Å². The van der Waals surface area contributed by atoms with Crippen molar-refractivity contribution in [2.45, 2.75) is 0 Å². The molecule has 0 fully saturated rings. The van der Waals surface area contributed by atoms with Crippen LogP contribution >= 0.6 is 11.6 Å². The molecule has 2 aromatic heterocycles. The quantitative estimate of drug-likeness (QED) is 0.418. The molecule has 3 aromatic rings. The Kier molecular flexibility index (Phi) is 3.67. The van der Waals surface area contributed by atoms with Crippen LogP contribution in [0.15, 0.2) is 52.5 Å². The van der Waals surface area contributed by atoms with Crippen molar-refractivity contribution in [1.82, 2.24) is 14.9 Å². The maximum absolute atomic E-state index is 10.9. The van der Waals surface area contributed by atoms with Gasteiger partial charge in [-0.2, -0.15) is 5.10 Å². The average molecular weight is 318 g/mol. The van der Waals surface area contributed by atoms with Crippen molar-refractivity contribution in [3.63, 3.8) is 0 Å². The van der Waals surface area contributed by atoms with Gasteiger partial charge in [0.25, 0.3) is 5.69 Å². The molecule has 0 N–H and O–H groups in total. The Hall–Kier alpha value is -3.00. The molecule has 8 nitrogen and oxygen atoms in total. The number of nitro benzene ring substituents is 1. The molecule has 0 amide bonds. The molecule has 0 atom stereocenters. The zero-order valence-electron chi connectivity index (χ0n) is 11.0. The van der Waals surface area contributed by atoms with Gasteiger partial charge in [0.15, 0.2) is 0 Å². The van der Waals surface area contributed by atoms with Crippen LogP contribution in [0, 0.1) is 10.1 Å². The van der Waals surface area contributed by atoms with Gasteiger partial charge in [-0.3, -0.25) is 10.1 Å². The molecule has 0 saturated carbocycles. The summed E-state index contributed by atoms with van der Waals surface area (Å²) < 4.78 is 6.99. The third-order valence-corrected chi connectivity index (χ3v) is 3.10. The predicted octanol–water partition coefficient (Wildman–Crippen LogP) is 2.98. The van der Waals surface area contributed by atoms with Gasteiger partial charge in [-0.15, -0.1) is 10.2 Å². The van der Waals surface area contributed by atoms with Crippen LogP contribution in [0.1, 0.15) is 5.76 Å². The Morgan fingerprint density at radius 3 is 2.77 bits per heavy atom. The molecule has 110 valence electrons. The van der Waals surface area contributed by atoms with E-state index in [0.717, 1.165) is 0 Å². The maximum Gasteiger partial charge on any atom is 0.288 e. The molecule has 0 aliphatic heterocycles. The van der Waals surface area contributed by atoms with Gasteiger partial charge < -0.3 is 4.42 Å². The summed E-state index contributed by atoms with van der Waals surface area (Å²) >= 11 is 5.78.